The summed E-state index contributed by atoms with van der Waals surface area (Å²) in [7, 11) is -1.34. The van der Waals surface area contributed by atoms with Gasteiger partial charge in [0.25, 0.3) is 5.56 Å². The van der Waals surface area contributed by atoms with Gasteiger partial charge < -0.3 is 5.32 Å². The van der Waals surface area contributed by atoms with Crippen LogP contribution < -0.4 is 10.9 Å². The van der Waals surface area contributed by atoms with E-state index in [2.05, 4.69) is 10.3 Å². The average Bonchev–Trinajstić information content (AvgIpc) is 2.94. The van der Waals surface area contributed by atoms with Crippen LogP contribution in [0.2, 0.25) is 0 Å². The largest absolute Gasteiger partial charge is 0.326 e. The first kappa shape index (κ1) is 18.4. The summed E-state index contributed by atoms with van der Waals surface area (Å²) in [6.45, 7) is 1.82. The van der Waals surface area contributed by atoms with E-state index in [0.29, 0.717) is 16.3 Å². The van der Waals surface area contributed by atoms with E-state index in [4.69, 9.17) is 0 Å². The summed E-state index contributed by atoms with van der Waals surface area (Å²) >= 11 is 1.35. The third-order valence-corrected chi connectivity index (χ3v) is 5.82. The van der Waals surface area contributed by atoms with Crippen LogP contribution in [0.25, 0.3) is 4.96 Å². The third kappa shape index (κ3) is 4.41. The maximum absolute atomic E-state index is 13.1. The quantitative estimate of drug-likeness (QED) is 0.698. The van der Waals surface area contributed by atoms with E-state index >= 15 is 0 Å². The van der Waals surface area contributed by atoms with Crippen LogP contribution in [-0.4, -0.2) is 25.3 Å². The highest BCUT2D eigenvalue weighted by Gasteiger charge is 2.11. The fourth-order valence-corrected chi connectivity index (χ4v) is 4.33. The second-order valence-corrected chi connectivity index (χ2v) is 8.09. The van der Waals surface area contributed by atoms with E-state index < -0.39 is 16.6 Å². The summed E-state index contributed by atoms with van der Waals surface area (Å²) in [5.74, 6) is -0.550. The Bertz CT molecular complexity index is 1050. The van der Waals surface area contributed by atoms with Gasteiger partial charge in [-0.1, -0.05) is 6.07 Å². The van der Waals surface area contributed by atoms with Crippen LogP contribution in [0.5, 0.6) is 0 Å². The lowest BCUT2D eigenvalue weighted by molar-refractivity contribution is -0.115. The number of aromatic nitrogens is 2. The zero-order chi connectivity index (χ0) is 18.7. The summed E-state index contributed by atoms with van der Waals surface area (Å²) in [5.41, 5.74) is 1.41. The van der Waals surface area contributed by atoms with Gasteiger partial charge in [0.1, 0.15) is 5.82 Å². The number of hydrogen-bond donors (Lipinski definition) is 1. The Morgan fingerprint density at radius 3 is 2.96 bits per heavy atom. The van der Waals surface area contributed by atoms with E-state index in [1.807, 2.05) is 12.3 Å². The van der Waals surface area contributed by atoms with E-state index in [1.165, 1.54) is 40.0 Å². The maximum Gasteiger partial charge on any atom is 0.258 e. The molecule has 0 saturated carbocycles. The van der Waals surface area contributed by atoms with Crippen molar-refractivity contribution in [1.29, 1.82) is 0 Å². The Balaban J connectivity index is 1.57. The molecule has 1 unspecified atom stereocenters. The van der Waals surface area contributed by atoms with Gasteiger partial charge in [0.2, 0.25) is 5.91 Å². The van der Waals surface area contributed by atoms with Crippen molar-refractivity contribution >= 4 is 38.7 Å². The minimum Gasteiger partial charge on any atom is -0.326 e. The highest BCUT2D eigenvalue weighted by atomic mass is 32.2. The predicted octanol–water partition coefficient (Wildman–Crippen LogP) is 2.48. The second-order valence-electron chi connectivity index (χ2n) is 5.68. The lowest BCUT2D eigenvalue weighted by atomic mass is 10.3. The third-order valence-electron chi connectivity index (χ3n) is 3.60. The summed E-state index contributed by atoms with van der Waals surface area (Å²) < 4.78 is 26.8. The van der Waals surface area contributed by atoms with Crippen molar-refractivity contribution in [2.24, 2.45) is 0 Å². The minimum absolute atomic E-state index is 0.0302. The predicted molar refractivity (Wildman–Crippen MR) is 100 cm³/mol. The number of nitrogens with one attached hydrogen (secondary N) is 1. The van der Waals surface area contributed by atoms with Crippen molar-refractivity contribution in [2.45, 2.75) is 19.1 Å². The topological polar surface area (TPSA) is 80.5 Å². The number of hydrogen-bond acceptors (Lipinski definition) is 5. The molecule has 0 bridgehead atoms. The molecule has 3 rings (SSSR count). The molecule has 1 N–H and O–H groups in total. The van der Waals surface area contributed by atoms with Gasteiger partial charge in [0.05, 0.1) is 11.4 Å². The Hall–Kier alpha value is -2.39. The molecule has 1 atom stereocenters. The molecule has 0 fully saturated rings. The fraction of sp³-hybridized carbons (Fsp3) is 0.235. The van der Waals surface area contributed by atoms with Gasteiger partial charge in [-0.2, -0.15) is 0 Å². The van der Waals surface area contributed by atoms with Crippen LogP contribution in [0.3, 0.4) is 0 Å². The molecule has 1 amide bonds. The Labute approximate surface area is 155 Å². The van der Waals surface area contributed by atoms with Crippen LogP contribution >= 0.6 is 11.3 Å². The molecule has 2 aromatic heterocycles. The number of amides is 1. The lowest BCUT2D eigenvalue weighted by Crippen LogP contribution is -2.18. The zero-order valence-corrected chi connectivity index (χ0v) is 15.5. The van der Waals surface area contributed by atoms with Crippen molar-refractivity contribution in [1.82, 2.24) is 9.38 Å². The number of nitrogens with zero attached hydrogens (tertiary/aromatic N) is 2. The summed E-state index contributed by atoms with van der Waals surface area (Å²) in [6.07, 6.45) is 0.0302. The molecule has 3 aromatic rings. The number of anilines is 1. The first-order chi connectivity index (χ1) is 12.4. The molecule has 26 heavy (non-hydrogen) atoms. The van der Waals surface area contributed by atoms with Gasteiger partial charge in [-0.25, -0.2) is 9.37 Å². The van der Waals surface area contributed by atoms with Gasteiger partial charge in [-0.3, -0.25) is 18.2 Å². The van der Waals surface area contributed by atoms with E-state index in [1.54, 1.807) is 6.07 Å². The lowest BCUT2D eigenvalue weighted by Gasteiger charge is -2.06. The monoisotopic (exact) mass is 393 g/mol. The van der Waals surface area contributed by atoms with Crippen molar-refractivity contribution in [2.75, 3.05) is 11.1 Å². The van der Waals surface area contributed by atoms with Crippen LogP contribution in [0.15, 0.2) is 40.5 Å². The van der Waals surface area contributed by atoms with E-state index in [-0.39, 0.29) is 29.4 Å². The summed E-state index contributed by atoms with van der Waals surface area (Å²) in [6, 6.07) is 6.94. The number of carbonyl (C=O) groups is 1. The first-order valence-electron chi connectivity index (χ1n) is 7.79. The van der Waals surface area contributed by atoms with Gasteiger partial charge in [-0.05, 0) is 25.1 Å². The van der Waals surface area contributed by atoms with Crippen molar-refractivity contribution in [3.63, 3.8) is 0 Å². The molecule has 136 valence electrons. The highest BCUT2D eigenvalue weighted by Crippen LogP contribution is 2.13. The molecule has 0 aliphatic rings. The molecule has 0 aliphatic heterocycles. The number of carbonyl (C=O) groups excluding carboxylic acids is 1. The number of benzene rings is 1. The molecule has 9 heteroatoms. The maximum atomic E-state index is 13.1. The molecule has 6 nitrogen and oxygen atoms in total. The first-order valence-corrected chi connectivity index (χ1v) is 10.2. The second kappa shape index (κ2) is 7.88. The molecule has 1 aromatic carbocycles. The summed E-state index contributed by atoms with van der Waals surface area (Å²) in [4.78, 5) is 28.9. The van der Waals surface area contributed by atoms with E-state index in [9.17, 15) is 18.2 Å². The van der Waals surface area contributed by atoms with Gasteiger partial charge in [0, 0.05) is 45.8 Å². The minimum atomic E-state index is -1.34. The normalized spacial score (nSPS) is 12.2. The van der Waals surface area contributed by atoms with Crippen molar-refractivity contribution in [3.05, 3.63) is 63.3 Å². The number of rotatable bonds is 6. The van der Waals surface area contributed by atoms with Crippen LogP contribution in [0.1, 0.15) is 17.8 Å². The summed E-state index contributed by atoms with van der Waals surface area (Å²) in [5, 5.41) is 4.39. The van der Waals surface area contributed by atoms with Crippen LogP contribution in [0.4, 0.5) is 10.1 Å². The number of thiazole rings is 1. The van der Waals surface area contributed by atoms with Crippen LogP contribution in [-0.2, 0) is 21.3 Å². The Kier molecular flexibility index (Phi) is 5.58. The zero-order valence-electron chi connectivity index (χ0n) is 13.9. The van der Waals surface area contributed by atoms with Gasteiger partial charge in [0.15, 0.2) is 4.96 Å². The Morgan fingerprint density at radius 2 is 2.19 bits per heavy atom. The molecule has 0 radical (unpaired) electrons. The molecular weight excluding hydrogens is 377 g/mol. The number of halogens is 1. The molecule has 0 saturated heterocycles. The Morgan fingerprint density at radius 1 is 1.38 bits per heavy atom. The molecule has 0 spiro atoms. The van der Waals surface area contributed by atoms with Crippen molar-refractivity contribution < 1.29 is 13.4 Å². The average molecular weight is 393 g/mol. The van der Waals surface area contributed by atoms with Gasteiger partial charge >= 0.3 is 0 Å². The smallest absolute Gasteiger partial charge is 0.258 e. The number of aryl methyl sites for hydroxylation is 1. The SMILES string of the molecule is Cc1csc2nc(CS(=O)CCC(=O)Nc3cccc(F)c3)cc(=O)n12. The molecular formula is C17H16FN3O3S2. The van der Waals surface area contributed by atoms with E-state index in [0.717, 1.165) is 5.69 Å². The highest BCUT2D eigenvalue weighted by molar-refractivity contribution is 7.84. The van der Waals surface area contributed by atoms with Crippen molar-refractivity contribution in [3.8, 4) is 0 Å². The molecule has 0 aliphatic carbocycles. The van der Waals surface area contributed by atoms with Crippen LogP contribution in [0, 0.1) is 12.7 Å². The fourth-order valence-electron chi connectivity index (χ4n) is 2.41. The van der Waals surface area contributed by atoms with Gasteiger partial charge in [-0.15, -0.1) is 11.3 Å². The number of fused-ring (bicyclic) bond motifs is 1. The standard InChI is InChI=1S/C17H16FN3O3S2/c1-11-9-25-17-20-14(8-16(23)21(11)17)10-26(24)6-5-15(22)19-13-4-2-3-12(18)7-13/h2-4,7-9H,5-6,10H2,1H3,(H,19,22). The molecule has 2 heterocycles.